The molecular formula is C28H36N6O2. The van der Waals surface area contributed by atoms with Gasteiger partial charge in [-0.15, -0.1) is 0 Å². The number of para-hydroxylation sites is 1. The molecule has 4 aromatic rings. The van der Waals surface area contributed by atoms with E-state index in [2.05, 4.69) is 45.0 Å². The average molecular weight is 489 g/mol. The first-order valence-corrected chi connectivity index (χ1v) is 12.9. The van der Waals surface area contributed by atoms with Gasteiger partial charge in [0, 0.05) is 35.5 Å². The van der Waals surface area contributed by atoms with Gasteiger partial charge < -0.3 is 15.4 Å². The summed E-state index contributed by atoms with van der Waals surface area (Å²) in [5.74, 6) is 3.73. The van der Waals surface area contributed by atoms with E-state index in [1.165, 1.54) is 18.5 Å². The van der Waals surface area contributed by atoms with Crippen LogP contribution in [0.3, 0.4) is 0 Å². The lowest BCUT2D eigenvalue weighted by molar-refractivity contribution is -0.117. The number of rotatable bonds is 7. The number of aromatic amines is 1. The van der Waals surface area contributed by atoms with Gasteiger partial charge in [0.25, 0.3) is 0 Å². The van der Waals surface area contributed by atoms with Crippen molar-refractivity contribution < 1.29 is 9.53 Å². The van der Waals surface area contributed by atoms with Gasteiger partial charge in [0.05, 0.1) is 18.3 Å². The van der Waals surface area contributed by atoms with Gasteiger partial charge in [-0.1, -0.05) is 26.0 Å². The first-order chi connectivity index (χ1) is 17.6. The number of H-pyrrole nitrogens is 1. The highest BCUT2D eigenvalue weighted by atomic mass is 16.5. The first-order valence-electron chi connectivity index (χ1n) is 12.9. The van der Waals surface area contributed by atoms with E-state index in [0.717, 1.165) is 53.4 Å². The summed E-state index contributed by atoms with van der Waals surface area (Å²) in [6.07, 6.45) is 4.60. The summed E-state index contributed by atoms with van der Waals surface area (Å²) in [6.45, 7) is 6.97. The minimum absolute atomic E-state index is 0.134. The monoisotopic (exact) mass is 488 g/mol. The number of ether oxygens (including phenoxy) is 1. The van der Waals surface area contributed by atoms with Crippen molar-refractivity contribution in [2.75, 3.05) is 17.7 Å². The van der Waals surface area contributed by atoms with Gasteiger partial charge in [-0.05, 0) is 69.0 Å². The van der Waals surface area contributed by atoms with Crippen LogP contribution < -0.4 is 15.4 Å². The maximum atomic E-state index is 11.4. The molecule has 2 heterocycles. The van der Waals surface area contributed by atoms with Gasteiger partial charge in [0.15, 0.2) is 5.82 Å². The number of methoxy groups -OCH3 is 1. The van der Waals surface area contributed by atoms with Gasteiger partial charge in [-0.25, -0.2) is 4.68 Å². The molecule has 0 atom stereocenters. The highest BCUT2D eigenvalue weighted by Gasteiger charge is 2.29. The third kappa shape index (κ3) is 6.24. The van der Waals surface area contributed by atoms with Crippen molar-refractivity contribution in [3.63, 3.8) is 0 Å². The van der Waals surface area contributed by atoms with Crippen LogP contribution in [-0.4, -0.2) is 33.0 Å². The fourth-order valence-electron chi connectivity index (χ4n) is 3.80. The summed E-state index contributed by atoms with van der Waals surface area (Å²) >= 11 is 0. The van der Waals surface area contributed by atoms with Crippen LogP contribution in [0.25, 0.3) is 10.9 Å². The molecule has 0 unspecified atom stereocenters. The lowest BCUT2D eigenvalue weighted by Crippen LogP contribution is -2.12. The van der Waals surface area contributed by atoms with Crippen LogP contribution in [0, 0.1) is 5.92 Å². The van der Waals surface area contributed by atoms with Crippen LogP contribution in [0.5, 0.6) is 5.75 Å². The van der Waals surface area contributed by atoms with E-state index in [1.54, 1.807) is 7.11 Å². The fourth-order valence-corrected chi connectivity index (χ4v) is 3.80. The van der Waals surface area contributed by atoms with Gasteiger partial charge in [0.2, 0.25) is 5.91 Å². The van der Waals surface area contributed by atoms with Crippen LogP contribution in [0.4, 0.5) is 17.3 Å². The quantitative estimate of drug-likeness (QED) is 0.277. The number of hydrogen-bond acceptors (Lipinski definition) is 5. The molecule has 0 radical (unpaired) electrons. The predicted octanol–water partition coefficient (Wildman–Crippen LogP) is 6.47. The number of anilines is 3. The molecule has 0 aliphatic heterocycles. The molecular weight excluding hydrogens is 452 g/mol. The molecule has 0 spiro atoms. The van der Waals surface area contributed by atoms with E-state index in [1.807, 2.05) is 61.0 Å². The fraction of sp³-hybridized carbons (Fsp3) is 0.393. The molecule has 8 nitrogen and oxygen atoms in total. The number of carbonyl (C=O) groups is 1. The lowest BCUT2D eigenvalue weighted by Gasteiger charge is -2.05. The summed E-state index contributed by atoms with van der Waals surface area (Å²) in [4.78, 5) is 11.4. The van der Waals surface area contributed by atoms with Crippen molar-refractivity contribution >= 4 is 34.1 Å². The number of fused-ring (bicyclic) bond motifs is 1. The topological polar surface area (TPSA) is 96.9 Å². The van der Waals surface area contributed by atoms with E-state index >= 15 is 0 Å². The van der Waals surface area contributed by atoms with Crippen LogP contribution in [0.1, 0.15) is 58.1 Å². The van der Waals surface area contributed by atoms with Crippen LogP contribution in [-0.2, 0) is 11.3 Å². The standard InChI is InChI=1S/C15H17N5.C11H13NO2.C2H6/c1-2-20-14(9-13(19-20)10-7-8-10)16-15-11-5-3-4-6-12(11)17-18-15;1-14-10-6-4-9(5-7-10)12-11(13)8-2-3-8;1-2/h3-6,9-10H,2,7-8H2,1H3,(H2,16,17,18);4-8H,2-3H2,1H3,(H,12,13);1-2H3. The molecule has 2 aliphatic rings. The number of aromatic nitrogens is 4. The molecule has 0 saturated heterocycles. The van der Waals surface area contributed by atoms with Gasteiger partial charge in [0.1, 0.15) is 11.6 Å². The normalized spacial score (nSPS) is 14.2. The molecule has 1 amide bonds. The molecule has 0 bridgehead atoms. The highest BCUT2D eigenvalue weighted by Crippen LogP contribution is 2.40. The van der Waals surface area contributed by atoms with Crippen LogP contribution >= 0.6 is 0 Å². The maximum absolute atomic E-state index is 11.4. The molecule has 6 rings (SSSR count). The Morgan fingerprint density at radius 1 is 1.08 bits per heavy atom. The SMILES string of the molecule is CC.CCn1nc(C2CC2)cc1Nc1n[nH]c2ccccc12.COc1ccc(NC(=O)C2CC2)cc1. The number of aryl methyl sites for hydroxylation is 1. The summed E-state index contributed by atoms with van der Waals surface area (Å²) in [7, 11) is 1.62. The summed E-state index contributed by atoms with van der Waals surface area (Å²) in [6, 6.07) is 17.6. The van der Waals surface area contributed by atoms with Crippen LogP contribution in [0.2, 0.25) is 0 Å². The second-order valence-electron chi connectivity index (χ2n) is 8.78. The second-order valence-corrected chi connectivity index (χ2v) is 8.78. The van der Waals surface area contributed by atoms with Crippen molar-refractivity contribution in [1.29, 1.82) is 0 Å². The Morgan fingerprint density at radius 2 is 1.81 bits per heavy atom. The summed E-state index contributed by atoms with van der Waals surface area (Å²) in [5.41, 5.74) is 3.08. The Hall–Kier alpha value is -3.81. The zero-order valence-electron chi connectivity index (χ0n) is 21.5. The Balaban J connectivity index is 0.000000168. The van der Waals surface area contributed by atoms with Crippen LogP contribution in [0.15, 0.2) is 54.6 Å². The summed E-state index contributed by atoms with van der Waals surface area (Å²) < 4.78 is 7.03. The minimum atomic E-state index is 0.134. The van der Waals surface area contributed by atoms with Crippen molar-refractivity contribution in [3.8, 4) is 5.75 Å². The van der Waals surface area contributed by atoms with E-state index < -0.39 is 0 Å². The number of amides is 1. The van der Waals surface area contributed by atoms with Gasteiger partial charge in [-0.2, -0.15) is 10.2 Å². The van der Waals surface area contributed by atoms with E-state index in [9.17, 15) is 4.79 Å². The van der Waals surface area contributed by atoms with E-state index in [4.69, 9.17) is 4.74 Å². The number of nitrogens with zero attached hydrogens (tertiary/aromatic N) is 3. The van der Waals surface area contributed by atoms with Crippen molar-refractivity contribution in [2.45, 2.75) is 58.9 Å². The number of nitrogens with one attached hydrogen (secondary N) is 3. The molecule has 2 fully saturated rings. The highest BCUT2D eigenvalue weighted by molar-refractivity contribution is 5.94. The maximum Gasteiger partial charge on any atom is 0.227 e. The second kappa shape index (κ2) is 11.7. The number of hydrogen-bond donors (Lipinski definition) is 3. The third-order valence-electron chi connectivity index (χ3n) is 6.12. The predicted molar refractivity (Wildman–Crippen MR) is 145 cm³/mol. The minimum Gasteiger partial charge on any atom is -0.497 e. The molecule has 3 N–H and O–H groups in total. The molecule has 190 valence electrons. The molecule has 2 aliphatic carbocycles. The Labute approximate surface area is 212 Å². The van der Waals surface area contributed by atoms with Gasteiger partial charge in [-0.3, -0.25) is 9.89 Å². The third-order valence-corrected chi connectivity index (χ3v) is 6.12. The Kier molecular flexibility index (Phi) is 8.25. The molecule has 2 aromatic carbocycles. The number of benzene rings is 2. The molecule has 2 saturated carbocycles. The van der Waals surface area contributed by atoms with Crippen molar-refractivity contribution in [1.82, 2.24) is 20.0 Å². The van der Waals surface area contributed by atoms with Gasteiger partial charge >= 0.3 is 0 Å². The molecule has 2 aromatic heterocycles. The summed E-state index contributed by atoms with van der Waals surface area (Å²) in [5, 5.41) is 19.4. The smallest absolute Gasteiger partial charge is 0.227 e. The van der Waals surface area contributed by atoms with E-state index in [0.29, 0.717) is 5.92 Å². The van der Waals surface area contributed by atoms with Crippen molar-refractivity contribution in [3.05, 3.63) is 60.3 Å². The average Bonchev–Trinajstić information content (AvgIpc) is 3.87. The molecule has 8 heteroatoms. The Bertz CT molecular complexity index is 1270. The lowest BCUT2D eigenvalue weighted by atomic mass is 10.2. The Morgan fingerprint density at radius 3 is 2.44 bits per heavy atom. The van der Waals surface area contributed by atoms with Crippen molar-refractivity contribution in [2.24, 2.45) is 5.92 Å². The largest absolute Gasteiger partial charge is 0.497 e. The number of carbonyl (C=O) groups excluding carboxylic acids is 1. The van der Waals surface area contributed by atoms with E-state index in [-0.39, 0.29) is 11.8 Å². The zero-order chi connectivity index (χ0) is 25.5. The zero-order valence-corrected chi connectivity index (χ0v) is 21.5. The first kappa shape index (κ1) is 25.3. The molecule has 36 heavy (non-hydrogen) atoms.